The third-order valence-corrected chi connectivity index (χ3v) is 2.45. The Morgan fingerprint density at radius 2 is 0.931 bits per heavy atom. The molecule has 0 fully saturated rings. The molecule has 29 heavy (non-hydrogen) atoms. The molecule has 1 aromatic rings. The number of aryl methyl sites for hydroxylation is 1. The molecule has 0 atom stereocenters. The molecule has 0 bridgehead atoms. The Morgan fingerprint density at radius 1 is 0.586 bits per heavy atom. The summed E-state index contributed by atoms with van der Waals surface area (Å²) in [6.07, 6.45) is 0. The number of hydrogen-bond donors (Lipinski definition) is 2. The van der Waals surface area contributed by atoms with Crippen LogP contribution in [0.1, 0.15) is 16.7 Å². The van der Waals surface area contributed by atoms with E-state index in [1.54, 1.807) is 6.07 Å². The number of carboxylic acid groups (broad SMARTS) is 2. The molecule has 4 nitrogen and oxygen atoms in total. The van der Waals surface area contributed by atoms with Gasteiger partial charge in [0, 0.05) is 23.0 Å². The van der Waals surface area contributed by atoms with E-state index in [0.29, 0.717) is 11.1 Å². The van der Waals surface area contributed by atoms with Crippen molar-refractivity contribution in [1.29, 1.82) is 0 Å². The fraction of sp³-hybridized carbons (Fsp3) is 0.0400. The third kappa shape index (κ3) is 11.8. The highest BCUT2D eigenvalue weighted by atomic mass is 16.4. The Balaban J connectivity index is 2.85. The van der Waals surface area contributed by atoms with E-state index in [1.165, 1.54) is 0 Å². The van der Waals surface area contributed by atoms with Crippen LogP contribution in [0, 0.1) is 102 Å². The van der Waals surface area contributed by atoms with Gasteiger partial charge in [-0.3, -0.25) is 0 Å². The van der Waals surface area contributed by atoms with Gasteiger partial charge in [0.1, 0.15) is 0 Å². The highest BCUT2D eigenvalue weighted by Gasteiger charge is 1.93. The Hall–Kier alpha value is -5.36. The second-order valence-corrected chi connectivity index (χ2v) is 4.70. The van der Waals surface area contributed by atoms with Gasteiger partial charge in [-0.25, -0.2) is 9.59 Å². The lowest BCUT2D eigenvalue weighted by Crippen LogP contribution is -1.85. The van der Waals surface area contributed by atoms with Crippen LogP contribution in [0.15, 0.2) is 18.2 Å². The van der Waals surface area contributed by atoms with Crippen molar-refractivity contribution in [3.63, 3.8) is 0 Å². The topological polar surface area (TPSA) is 74.6 Å². The summed E-state index contributed by atoms with van der Waals surface area (Å²) in [6.45, 7) is 1.90. The lowest BCUT2D eigenvalue weighted by molar-refractivity contribution is -0.131. The molecule has 0 aliphatic rings. The van der Waals surface area contributed by atoms with Crippen molar-refractivity contribution in [3.05, 3.63) is 34.9 Å². The molecule has 0 saturated carbocycles. The number of carbonyl (C=O) groups is 2. The zero-order chi connectivity index (χ0) is 21.3. The first-order valence-corrected chi connectivity index (χ1v) is 7.59. The minimum absolute atomic E-state index is 0.707. The molecule has 0 radical (unpaired) electrons. The largest absolute Gasteiger partial charge is 0.472 e. The van der Waals surface area contributed by atoms with Crippen LogP contribution in [0.2, 0.25) is 0 Å². The predicted molar refractivity (Wildman–Crippen MR) is 107 cm³/mol. The molecule has 0 amide bonds. The summed E-state index contributed by atoms with van der Waals surface area (Å²) < 4.78 is 0. The van der Waals surface area contributed by atoms with Crippen LogP contribution >= 0.6 is 0 Å². The van der Waals surface area contributed by atoms with Crippen LogP contribution in [0.3, 0.4) is 0 Å². The van der Waals surface area contributed by atoms with Crippen molar-refractivity contribution in [1.82, 2.24) is 0 Å². The molecule has 2 N–H and O–H groups in total. The molecule has 0 aliphatic carbocycles. The molecule has 0 aliphatic heterocycles. The molecule has 0 unspecified atom stereocenters. The highest BCUT2D eigenvalue weighted by molar-refractivity contribution is 5.87. The average Bonchev–Trinajstić information content (AvgIpc) is 2.65. The average molecular weight is 372 g/mol. The van der Waals surface area contributed by atoms with Gasteiger partial charge < -0.3 is 10.2 Å². The van der Waals surface area contributed by atoms with E-state index in [-0.39, 0.29) is 0 Å². The molecule has 0 aromatic heterocycles. The summed E-state index contributed by atoms with van der Waals surface area (Å²) in [5.41, 5.74) is 2.37. The number of carboxylic acids is 2. The van der Waals surface area contributed by atoms with Crippen LogP contribution < -0.4 is 0 Å². The van der Waals surface area contributed by atoms with E-state index in [9.17, 15) is 9.59 Å². The predicted octanol–water partition coefficient (Wildman–Crippen LogP) is 0.888. The molecule has 1 rings (SSSR count). The molecule has 0 heterocycles. The molecule has 0 spiro atoms. The second kappa shape index (κ2) is 12.9. The van der Waals surface area contributed by atoms with Crippen molar-refractivity contribution >= 4 is 11.9 Å². The molecule has 1 aromatic carbocycles. The summed E-state index contributed by atoms with van der Waals surface area (Å²) >= 11 is 0. The van der Waals surface area contributed by atoms with Gasteiger partial charge >= 0.3 is 11.9 Å². The summed E-state index contributed by atoms with van der Waals surface area (Å²) in [6, 6.07) is 5.49. The van der Waals surface area contributed by atoms with Crippen molar-refractivity contribution in [2.75, 3.05) is 0 Å². The minimum Gasteiger partial charge on any atom is -0.472 e. The van der Waals surface area contributed by atoms with E-state index in [4.69, 9.17) is 10.2 Å². The number of rotatable bonds is 0. The van der Waals surface area contributed by atoms with E-state index in [0.717, 1.165) is 5.56 Å². The Labute approximate surface area is 168 Å². The van der Waals surface area contributed by atoms with Gasteiger partial charge in [0.15, 0.2) is 0 Å². The van der Waals surface area contributed by atoms with Crippen molar-refractivity contribution in [2.45, 2.75) is 6.92 Å². The lowest BCUT2D eigenvalue weighted by Gasteiger charge is -1.96. The Kier molecular flexibility index (Phi) is 9.66. The first kappa shape index (κ1) is 21.7. The standard InChI is InChI=1S/C25H8O4/c1-21-18-22(14-10-6-2-4-8-12-16-24(26)27)20-23(19-21)15-11-7-3-5-9-13-17-25(28)29/h18-20H,1H3,(H,26,27)(H,28,29). The first-order valence-electron chi connectivity index (χ1n) is 7.59. The van der Waals surface area contributed by atoms with E-state index >= 15 is 0 Å². The number of benzene rings is 1. The maximum Gasteiger partial charge on any atom is 0.382 e. The van der Waals surface area contributed by atoms with Crippen LogP contribution in [0.25, 0.3) is 0 Å². The zero-order valence-corrected chi connectivity index (χ0v) is 14.9. The molecule has 0 saturated heterocycles. The van der Waals surface area contributed by atoms with Gasteiger partial charge in [0.2, 0.25) is 0 Å². The molecule has 4 heteroatoms. The van der Waals surface area contributed by atoms with Crippen molar-refractivity contribution in [2.24, 2.45) is 0 Å². The van der Waals surface area contributed by atoms with Gasteiger partial charge in [-0.1, -0.05) is 11.8 Å². The zero-order valence-electron chi connectivity index (χ0n) is 14.9. The number of hydrogen-bond acceptors (Lipinski definition) is 2. The summed E-state index contributed by atoms with van der Waals surface area (Å²) in [5, 5.41) is 16.6. The van der Waals surface area contributed by atoms with Gasteiger partial charge in [-0.15, -0.1) is 0 Å². The molecular weight excluding hydrogens is 364 g/mol. The molecule has 132 valence electrons. The van der Waals surface area contributed by atoms with Crippen LogP contribution in [0.5, 0.6) is 0 Å². The van der Waals surface area contributed by atoms with Gasteiger partial charge in [0.25, 0.3) is 0 Å². The SMILES string of the molecule is Cc1cc(C#CC#CC#CC#CC(=O)O)cc(C#CC#CC#CC#CC(=O)O)c1. The van der Waals surface area contributed by atoms with Crippen LogP contribution in [0.4, 0.5) is 0 Å². The smallest absolute Gasteiger partial charge is 0.382 e. The summed E-state index contributed by atoms with van der Waals surface area (Å²) in [7, 11) is 0. The number of aliphatic carboxylic acids is 2. The maximum atomic E-state index is 10.2. The highest BCUT2D eigenvalue weighted by Crippen LogP contribution is 2.07. The molecular formula is C25H8O4. The van der Waals surface area contributed by atoms with Gasteiger partial charge in [0.05, 0.1) is 0 Å². The normalized spacial score (nSPS) is 6.52. The monoisotopic (exact) mass is 372 g/mol. The third-order valence-electron chi connectivity index (χ3n) is 2.45. The van der Waals surface area contributed by atoms with E-state index < -0.39 is 11.9 Å². The fourth-order valence-electron chi connectivity index (χ4n) is 1.55. The van der Waals surface area contributed by atoms with Crippen molar-refractivity contribution < 1.29 is 19.8 Å². The van der Waals surface area contributed by atoms with Crippen molar-refractivity contribution in [3.8, 4) is 94.7 Å². The Bertz CT molecular complexity index is 1240. The Morgan fingerprint density at radius 3 is 1.31 bits per heavy atom. The summed E-state index contributed by atoms with van der Waals surface area (Å²) in [4.78, 5) is 20.3. The van der Waals surface area contributed by atoms with Crippen LogP contribution in [-0.2, 0) is 9.59 Å². The lowest BCUT2D eigenvalue weighted by atomic mass is 10.1. The maximum absolute atomic E-state index is 10.2. The summed E-state index contributed by atoms with van der Waals surface area (Å²) in [5.74, 6) is 35.6. The van der Waals surface area contributed by atoms with Crippen LogP contribution in [-0.4, -0.2) is 22.2 Å². The minimum atomic E-state index is -1.26. The van der Waals surface area contributed by atoms with Gasteiger partial charge in [-0.05, 0) is 102 Å². The fourth-order valence-corrected chi connectivity index (χ4v) is 1.55. The quantitative estimate of drug-likeness (QED) is 0.664. The first-order chi connectivity index (χ1) is 14.0. The van der Waals surface area contributed by atoms with E-state index in [2.05, 4.69) is 82.9 Å². The second-order valence-electron chi connectivity index (χ2n) is 4.70. The van der Waals surface area contributed by atoms with E-state index in [1.807, 2.05) is 30.9 Å². The van der Waals surface area contributed by atoms with Gasteiger partial charge in [-0.2, -0.15) is 0 Å².